The molecule has 0 radical (unpaired) electrons. The summed E-state index contributed by atoms with van der Waals surface area (Å²) in [6, 6.07) is 0.145. The van der Waals surface area contributed by atoms with E-state index in [4.69, 9.17) is 4.52 Å². The van der Waals surface area contributed by atoms with Gasteiger partial charge in [0.05, 0.1) is 12.2 Å². The average molecular weight is 249 g/mol. The van der Waals surface area contributed by atoms with Crippen molar-refractivity contribution in [2.75, 3.05) is 18.1 Å². The predicted molar refractivity (Wildman–Crippen MR) is 63.4 cm³/mol. The summed E-state index contributed by atoms with van der Waals surface area (Å²) < 4.78 is 5.25. The summed E-state index contributed by atoms with van der Waals surface area (Å²) in [6.45, 7) is 0.970. The second-order valence-corrected chi connectivity index (χ2v) is 4.78. The fraction of sp³-hybridized carbons (Fsp3) is 0.400. The molecule has 17 heavy (non-hydrogen) atoms. The van der Waals surface area contributed by atoms with E-state index in [0.29, 0.717) is 17.4 Å². The first-order valence-corrected chi connectivity index (χ1v) is 6.50. The van der Waals surface area contributed by atoms with Crippen molar-refractivity contribution in [2.24, 2.45) is 0 Å². The molecule has 3 heterocycles. The molecule has 2 aromatic rings. The van der Waals surface area contributed by atoms with E-state index in [0.717, 1.165) is 18.1 Å². The second kappa shape index (κ2) is 4.80. The Bertz CT molecular complexity index is 482. The van der Waals surface area contributed by atoms with E-state index in [1.165, 1.54) is 0 Å². The van der Waals surface area contributed by atoms with Crippen LogP contribution in [0.15, 0.2) is 23.1 Å². The predicted octanol–water partition coefficient (Wildman–Crippen LogP) is 0.904. The Morgan fingerprint density at radius 3 is 3.18 bits per heavy atom. The first-order valence-electron chi connectivity index (χ1n) is 5.34. The van der Waals surface area contributed by atoms with E-state index in [2.05, 4.69) is 25.4 Å². The van der Waals surface area contributed by atoms with Gasteiger partial charge in [0.15, 0.2) is 0 Å². The second-order valence-electron chi connectivity index (χ2n) is 3.63. The van der Waals surface area contributed by atoms with Gasteiger partial charge >= 0.3 is 0 Å². The van der Waals surface area contributed by atoms with Gasteiger partial charge < -0.3 is 9.84 Å². The monoisotopic (exact) mass is 249 g/mol. The summed E-state index contributed by atoms with van der Waals surface area (Å²) in [4.78, 5) is 12.5. The van der Waals surface area contributed by atoms with E-state index in [1.807, 2.05) is 11.8 Å². The normalized spacial score (nSPS) is 20.4. The number of nitrogens with zero attached hydrogens (tertiary/aromatic N) is 4. The topological polar surface area (TPSA) is 76.7 Å². The molecule has 1 unspecified atom stereocenters. The van der Waals surface area contributed by atoms with Crippen LogP contribution in [0.3, 0.4) is 0 Å². The molecule has 0 bridgehead atoms. The molecule has 2 aromatic heterocycles. The van der Waals surface area contributed by atoms with Crippen molar-refractivity contribution < 1.29 is 4.52 Å². The number of nitrogens with one attached hydrogen (secondary N) is 1. The van der Waals surface area contributed by atoms with Gasteiger partial charge in [-0.15, -0.1) is 0 Å². The van der Waals surface area contributed by atoms with E-state index in [9.17, 15) is 0 Å². The van der Waals surface area contributed by atoms with Crippen LogP contribution < -0.4 is 5.32 Å². The zero-order valence-electron chi connectivity index (χ0n) is 9.04. The highest BCUT2D eigenvalue weighted by molar-refractivity contribution is 7.99. The molecule has 6 nitrogen and oxygen atoms in total. The van der Waals surface area contributed by atoms with Gasteiger partial charge in [-0.1, -0.05) is 5.16 Å². The van der Waals surface area contributed by atoms with E-state index < -0.39 is 0 Å². The molecule has 3 rings (SSSR count). The van der Waals surface area contributed by atoms with Crippen LogP contribution in [0, 0.1) is 0 Å². The van der Waals surface area contributed by atoms with Crippen molar-refractivity contribution in [3.8, 4) is 11.5 Å². The van der Waals surface area contributed by atoms with Crippen LogP contribution in [0.2, 0.25) is 0 Å². The molecule has 0 spiro atoms. The summed E-state index contributed by atoms with van der Waals surface area (Å²) >= 11 is 1.88. The first-order chi connectivity index (χ1) is 8.43. The molecular weight excluding hydrogens is 238 g/mol. The van der Waals surface area contributed by atoms with Gasteiger partial charge in [0, 0.05) is 30.4 Å². The lowest BCUT2D eigenvalue weighted by atomic mass is 10.3. The highest BCUT2D eigenvalue weighted by Gasteiger charge is 2.21. The van der Waals surface area contributed by atoms with Crippen LogP contribution in [0.25, 0.3) is 11.5 Å². The van der Waals surface area contributed by atoms with Crippen LogP contribution in [-0.2, 0) is 0 Å². The highest BCUT2D eigenvalue weighted by Crippen LogP contribution is 2.22. The van der Waals surface area contributed by atoms with Gasteiger partial charge in [-0.2, -0.15) is 16.7 Å². The molecule has 1 N–H and O–H groups in total. The standard InChI is InChI=1S/C10H11N5OS/c1-2-12-7(5-11-1)9-14-10(16-15-9)8-6-17-4-3-13-8/h1-2,5,8,13H,3-4,6H2. The maximum atomic E-state index is 5.25. The summed E-state index contributed by atoms with van der Waals surface area (Å²) in [5.41, 5.74) is 0.631. The van der Waals surface area contributed by atoms with Crippen molar-refractivity contribution in [2.45, 2.75) is 6.04 Å². The van der Waals surface area contributed by atoms with Crippen LogP contribution in [-0.4, -0.2) is 38.2 Å². The molecule has 1 saturated heterocycles. The third-order valence-corrected chi connectivity index (χ3v) is 3.52. The fourth-order valence-electron chi connectivity index (χ4n) is 1.62. The van der Waals surface area contributed by atoms with Crippen LogP contribution in [0.5, 0.6) is 0 Å². The molecule has 1 aliphatic rings. The average Bonchev–Trinajstić information content (AvgIpc) is 2.90. The number of rotatable bonds is 2. The van der Waals surface area contributed by atoms with Gasteiger partial charge in [0.2, 0.25) is 11.7 Å². The first kappa shape index (κ1) is 10.7. The molecule has 1 atom stereocenters. The Hall–Kier alpha value is -1.47. The summed E-state index contributed by atoms with van der Waals surface area (Å²) in [5, 5.41) is 7.27. The van der Waals surface area contributed by atoms with Crippen LogP contribution >= 0.6 is 11.8 Å². The summed E-state index contributed by atoms with van der Waals surface area (Å²) in [6.07, 6.45) is 4.85. The van der Waals surface area contributed by atoms with Gasteiger partial charge in [-0.05, 0) is 0 Å². The molecule has 0 aliphatic carbocycles. The summed E-state index contributed by atoms with van der Waals surface area (Å²) in [5.74, 6) is 3.20. The molecule has 88 valence electrons. The van der Waals surface area contributed by atoms with E-state index >= 15 is 0 Å². The molecule has 1 fully saturated rings. The summed E-state index contributed by atoms with van der Waals surface area (Å²) in [7, 11) is 0. The number of hydrogen-bond donors (Lipinski definition) is 1. The van der Waals surface area contributed by atoms with E-state index in [-0.39, 0.29) is 6.04 Å². The van der Waals surface area contributed by atoms with Gasteiger partial charge in [-0.25, -0.2) is 4.98 Å². The Kier molecular flexibility index (Phi) is 3.02. The van der Waals surface area contributed by atoms with E-state index in [1.54, 1.807) is 18.6 Å². The number of hydrogen-bond acceptors (Lipinski definition) is 7. The lowest BCUT2D eigenvalue weighted by Crippen LogP contribution is -2.30. The van der Waals surface area contributed by atoms with Crippen molar-refractivity contribution in [1.29, 1.82) is 0 Å². The third-order valence-electron chi connectivity index (χ3n) is 2.45. The molecule has 7 heteroatoms. The minimum atomic E-state index is 0.145. The maximum Gasteiger partial charge on any atom is 0.245 e. The maximum absolute atomic E-state index is 5.25. The number of aromatic nitrogens is 4. The lowest BCUT2D eigenvalue weighted by Gasteiger charge is -2.19. The van der Waals surface area contributed by atoms with Crippen molar-refractivity contribution >= 4 is 11.8 Å². The minimum absolute atomic E-state index is 0.145. The van der Waals surface area contributed by atoms with Crippen LogP contribution in [0.1, 0.15) is 11.9 Å². The smallest absolute Gasteiger partial charge is 0.245 e. The Labute approximate surface area is 102 Å². The molecule has 0 saturated carbocycles. The number of thioether (sulfide) groups is 1. The molecule has 0 amide bonds. The molecule has 0 aromatic carbocycles. The van der Waals surface area contributed by atoms with Crippen LogP contribution in [0.4, 0.5) is 0 Å². The SMILES string of the molecule is c1cnc(-c2noc(C3CSCCN3)n2)cn1. The van der Waals surface area contributed by atoms with Crippen molar-refractivity contribution in [3.63, 3.8) is 0 Å². The molecular formula is C10H11N5OS. The lowest BCUT2D eigenvalue weighted by molar-refractivity contribution is 0.342. The third kappa shape index (κ3) is 2.29. The molecule has 1 aliphatic heterocycles. The zero-order valence-corrected chi connectivity index (χ0v) is 9.85. The largest absolute Gasteiger partial charge is 0.337 e. The Balaban J connectivity index is 1.83. The van der Waals surface area contributed by atoms with Gasteiger partial charge in [0.25, 0.3) is 0 Å². The minimum Gasteiger partial charge on any atom is -0.337 e. The Morgan fingerprint density at radius 1 is 1.41 bits per heavy atom. The van der Waals surface area contributed by atoms with Crippen molar-refractivity contribution in [1.82, 2.24) is 25.4 Å². The van der Waals surface area contributed by atoms with Gasteiger partial charge in [-0.3, -0.25) is 4.98 Å². The fourth-order valence-corrected chi connectivity index (χ4v) is 2.54. The van der Waals surface area contributed by atoms with Gasteiger partial charge in [0.1, 0.15) is 5.69 Å². The zero-order chi connectivity index (χ0) is 11.5. The highest BCUT2D eigenvalue weighted by atomic mass is 32.2. The quantitative estimate of drug-likeness (QED) is 0.847. The van der Waals surface area contributed by atoms with Crippen molar-refractivity contribution in [3.05, 3.63) is 24.5 Å². The Morgan fingerprint density at radius 2 is 2.41 bits per heavy atom.